The topological polar surface area (TPSA) is 90.0 Å². The number of urea groups is 1. The van der Waals surface area contributed by atoms with Crippen LogP contribution in [0.1, 0.15) is 39.5 Å². The minimum atomic E-state index is -0.833. The number of imide groups is 1. The van der Waals surface area contributed by atoms with Gasteiger partial charge in [0.1, 0.15) is 0 Å². The van der Waals surface area contributed by atoms with Crippen LogP contribution < -0.4 is 11.1 Å². The summed E-state index contributed by atoms with van der Waals surface area (Å²) in [5.41, 5.74) is 6.99. The van der Waals surface area contributed by atoms with Crippen molar-refractivity contribution in [1.82, 2.24) is 14.9 Å². The van der Waals surface area contributed by atoms with Gasteiger partial charge in [-0.1, -0.05) is 50.1 Å². The number of thioether (sulfide) groups is 1. The van der Waals surface area contributed by atoms with Crippen molar-refractivity contribution in [3.8, 4) is 0 Å². The lowest BCUT2D eigenvalue weighted by Crippen LogP contribution is -2.39. The minimum absolute atomic E-state index is 0.405. The van der Waals surface area contributed by atoms with Crippen molar-refractivity contribution in [2.75, 3.05) is 0 Å². The first-order valence-electron chi connectivity index (χ1n) is 8.25. The maximum absolute atomic E-state index is 11.9. The van der Waals surface area contributed by atoms with Crippen LogP contribution in [0, 0.1) is 0 Å². The number of aryl methyl sites for hydroxylation is 1. The molecule has 3 amide bonds. The molecule has 0 aliphatic carbocycles. The number of carbonyl (C=O) groups is 2. The molecule has 0 saturated carbocycles. The molecule has 0 radical (unpaired) electrons. The van der Waals surface area contributed by atoms with Crippen molar-refractivity contribution < 1.29 is 9.59 Å². The number of fused-ring (bicyclic) bond motifs is 1. The van der Waals surface area contributed by atoms with Crippen LogP contribution in [0.3, 0.4) is 0 Å². The molecule has 0 aliphatic rings. The lowest BCUT2D eigenvalue weighted by Gasteiger charge is -2.12. The third-order valence-corrected chi connectivity index (χ3v) is 4.84. The van der Waals surface area contributed by atoms with Crippen LogP contribution in [0.15, 0.2) is 29.4 Å². The van der Waals surface area contributed by atoms with Gasteiger partial charge in [-0.2, -0.15) is 0 Å². The van der Waals surface area contributed by atoms with Crippen LogP contribution in [0.4, 0.5) is 4.79 Å². The van der Waals surface area contributed by atoms with E-state index in [1.54, 1.807) is 6.92 Å². The highest BCUT2D eigenvalue weighted by atomic mass is 32.2. The van der Waals surface area contributed by atoms with Gasteiger partial charge in [-0.25, -0.2) is 9.78 Å². The van der Waals surface area contributed by atoms with Crippen molar-refractivity contribution in [3.63, 3.8) is 0 Å². The second-order valence-electron chi connectivity index (χ2n) is 5.71. The highest BCUT2D eigenvalue weighted by Crippen LogP contribution is 2.28. The Hall–Kier alpha value is -2.02. The first-order valence-corrected chi connectivity index (χ1v) is 9.13. The summed E-state index contributed by atoms with van der Waals surface area (Å²) in [7, 11) is 0. The molecule has 1 aromatic heterocycles. The summed E-state index contributed by atoms with van der Waals surface area (Å²) >= 11 is 1.34. The van der Waals surface area contributed by atoms with E-state index in [9.17, 15) is 9.59 Å². The van der Waals surface area contributed by atoms with Crippen LogP contribution in [0.25, 0.3) is 11.0 Å². The van der Waals surface area contributed by atoms with E-state index in [0.717, 1.165) is 29.2 Å². The Morgan fingerprint density at radius 1 is 1.29 bits per heavy atom. The van der Waals surface area contributed by atoms with Crippen LogP contribution in [0.2, 0.25) is 0 Å². The van der Waals surface area contributed by atoms with Crippen LogP contribution >= 0.6 is 11.8 Å². The number of primary amides is 1. The zero-order valence-corrected chi connectivity index (χ0v) is 14.9. The van der Waals surface area contributed by atoms with Gasteiger partial charge >= 0.3 is 6.03 Å². The molecule has 2 aromatic rings. The lowest BCUT2D eigenvalue weighted by molar-refractivity contribution is -0.119. The fraction of sp³-hybridized carbons (Fsp3) is 0.471. The number of amides is 3. The fourth-order valence-corrected chi connectivity index (χ4v) is 3.44. The van der Waals surface area contributed by atoms with Gasteiger partial charge < -0.3 is 10.3 Å². The normalized spacial score (nSPS) is 12.2. The molecule has 24 heavy (non-hydrogen) atoms. The van der Waals surface area contributed by atoms with Crippen molar-refractivity contribution >= 4 is 34.7 Å². The molecule has 2 rings (SSSR count). The third kappa shape index (κ3) is 4.74. The van der Waals surface area contributed by atoms with Gasteiger partial charge in [0.2, 0.25) is 5.91 Å². The smallest absolute Gasteiger partial charge is 0.318 e. The standard InChI is InChI=1S/C17H24N4O2S/c1-3-4-5-8-11-21-14-10-7-6-9-13(14)19-17(21)24-12(2)15(22)20-16(18)23/h6-7,9-10,12H,3-5,8,11H2,1-2H3,(H3,18,20,22,23)/t12-/m0/s1. The van der Waals surface area contributed by atoms with Crippen molar-refractivity contribution in [2.24, 2.45) is 5.73 Å². The van der Waals surface area contributed by atoms with Gasteiger partial charge in [0.25, 0.3) is 0 Å². The number of benzene rings is 1. The Kier molecular flexibility index (Phi) is 6.66. The number of rotatable bonds is 8. The number of hydrogen-bond acceptors (Lipinski definition) is 4. The van der Waals surface area contributed by atoms with E-state index in [2.05, 4.69) is 21.8 Å². The Balaban J connectivity index is 2.18. The van der Waals surface area contributed by atoms with Gasteiger partial charge in [0.05, 0.1) is 16.3 Å². The SMILES string of the molecule is CCCCCCn1c(S[C@@H](C)C(=O)NC(N)=O)nc2ccccc21. The van der Waals surface area contributed by atoms with E-state index in [-0.39, 0.29) is 0 Å². The second-order valence-corrected chi connectivity index (χ2v) is 7.02. The zero-order valence-electron chi connectivity index (χ0n) is 14.1. The molecule has 1 aromatic carbocycles. The van der Waals surface area contributed by atoms with Gasteiger partial charge in [-0.05, 0) is 25.5 Å². The molecule has 1 heterocycles. The largest absolute Gasteiger partial charge is 0.351 e. The predicted octanol–water partition coefficient (Wildman–Crippen LogP) is 3.29. The average molecular weight is 348 g/mol. The number of imidazole rings is 1. The molecule has 6 nitrogen and oxygen atoms in total. The van der Waals surface area contributed by atoms with Crippen molar-refractivity contribution in [2.45, 2.75) is 56.5 Å². The van der Waals surface area contributed by atoms with E-state index in [1.165, 1.54) is 31.0 Å². The average Bonchev–Trinajstić information content (AvgIpc) is 2.88. The summed E-state index contributed by atoms with van der Waals surface area (Å²) in [6.45, 7) is 4.80. The molecule has 3 N–H and O–H groups in total. The number of hydrogen-bond donors (Lipinski definition) is 2. The van der Waals surface area contributed by atoms with E-state index in [0.29, 0.717) is 0 Å². The quantitative estimate of drug-likeness (QED) is 0.566. The maximum atomic E-state index is 11.9. The van der Waals surface area contributed by atoms with Crippen LogP contribution in [-0.4, -0.2) is 26.7 Å². The Bertz CT molecular complexity index is 714. The second kappa shape index (κ2) is 8.73. The summed E-state index contributed by atoms with van der Waals surface area (Å²) in [5, 5.41) is 2.45. The first-order chi connectivity index (χ1) is 11.5. The lowest BCUT2D eigenvalue weighted by atomic mass is 10.2. The summed E-state index contributed by atoms with van der Waals surface area (Å²) in [5.74, 6) is -0.405. The molecular weight excluding hydrogens is 324 g/mol. The summed E-state index contributed by atoms with van der Waals surface area (Å²) < 4.78 is 2.16. The summed E-state index contributed by atoms with van der Waals surface area (Å²) in [6.07, 6.45) is 4.65. The van der Waals surface area contributed by atoms with Crippen molar-refractivity contribution in [3.05, 3.63) is 24.3 Å². The summed E-state index contributed by atoms with van der Waals surface area (Å²) in [6, 6.07) is 7.12. The molecule has 130 valence electrons. The number of carbonyl (C=O) groups excluding carboxylic acids is 2. The maximum Gasteiger partial charge on any atom is 0.318 e. The molecule has 0 aliphatic heterocycles. The molecule has 0 bridgehead atoms. The Labute approximate surface area is 146 Å². The van der Waals surface area contributed by atoms with Crippen LogP contribution in [0.5, 0.6) is 0 Å². The number of aromatic nitrogens is 2. The van der Waals surface area contributed by atoms with Gasteiger partial charge in [-0.3, -0.25) is 10.1 Å². The van der Waals surface area contributed by atoms with E-state index < -0.39 is 17.2 Å². The van der Waals surface area contributed by atoms with E-state index in [1.807, 2.05) is 24.3 Å². The molecule has 0 saturated heterocycles. The van der Waals surface area contributed by atoms with Gasteiger partial charge in [0, 0.05) is 6.54 Å². The number of nitrogens with zero attached hydrogens (tertiary/aromatic N) is 2. The molecule has 7 heteroatoms. The third-order valence-electron chi connectivity index (χ3n) is 3.75. The highest BCUT2D eigenvalue weighted by molar-refractivity contribution is 8.00. The molecule has 1 atom stereocenters. The molecule has 0 unspecified atom stereocenters. The first kappa shape index (κ1) is 18.3. The number of unbranched alkanes of at least 4 members (excludes halogenated alkanes) is 3. The monoisotopic (exact) mass is 348 g/mol. The fourth-order valence-electron chi connectivity index (χ4n) is 2.49. The van der Waals surface area contributed by atoms with Gasteiger partial charge in [-0.15, -0.1) is 0 Å². The number of para-hydroxylation sites is 2. The van der Waals surface area contributed by atoms with E-state index in [4.69, 9.17) is 5.73 Å². The Morgan fingerprint density at radius 3 is 2.75 bits per heavy atom. The van der Waals surface area contributed by atoms with Crippen molar-refractivity contribution in [1.29, 1.82) is 0 Å². The van der Waals surface area contributed by atoms with Gasteiger partial charge in [0.15, 0.2) is 5.16 Å². The van der Waals surface area contributed by atoms with Crippen LogP contribution in [-0.2, 0) is 11.3 Å². The molecule has 0 fully saturated rings. The zero-order chi connectivity index (χ0) is 17.5. The molecule has 0 spiro atoms. The predicted molar refractivity (Wildman–Crippen MR) is 96.9 cm³/mol. The minimum Gasteiger partial charge on any atom is -0.351 e. The van der Waals surface area contributed by atoms with E-state index >= 15 is 0 Å². The highest BCUT2D eigenvalue weighted by Gasteiger charge is 2.20. The number of nitrogens with one attached hydrogen (secondary N) is 1. The summed E-state index contributed by atoms with van der Waals surface area (Å²) in [4.78, 5) is 27.4. The molecular formula is C17H24N4O2S. The Morgan fingerprint density at radius 2 is 2.04 bits per heavy atom. The number of nitrogens with two attached hydrogens (primary N) is 1.